The fourth-order valence-corrected chi connectivity index (χ4v) is 5.91. The summed E-state index contributed by atoms with van der Waals surface area (Å²) in [6.45, 7) is 4.14. The number of rotatable bonds is 3. The van der Waals surface area contributed by atoms with Crippen molar-refractivity contribution < 1.29 is 9.47 Å². The summed E-state index contributed by atoms with van der Waals surface area (Å²) in [6.07, 6.45) is 6.28. The second-order valence-corrected chi connectivity index (χ2v) is 8.96. The zero-order valence-electron chi connectivity index (χ0n) is 16.6. The van der Waals surface area contributed by atoms with Gasteiger partial charge in [0.2, 0.25) is 0 Å². The van der Waals surface area contributed by atoms with Gasteiger partial charge in [-0.1, -0.05) is 6.92 Å². The number of hydrogen-bond donors (Lipinski definition) is 0. The summed E-state index contributed by atoms with van der Waals surface area (Å²) >= 11 is 1.86. The van der Waals surface area contributed by atoms with Crippen molar-refractivity contribution in [3.63, 3.8) is 0 Å². The molecule has 1 unspecified atom stereocenters. The van der Waals surface area contributed by atoms with Crippen LogP contribution in [0.25, 0.3) is 10.2 Å². The van der Waals surface area contributed by atoms with Crippen molar-refractivity contribution in [2.45, 2.75) is 39.2 Å². The number of fused-ring (bicyclic) bond motifs is 4. The van der Waals surface area contributed by atoms with Gasteiger partial charge in [0.05, 0.1) is 19.6 Å². The van der Waals surface area contributed by atoms with E-state index in [0.717, 1.165) is 54.0 Å². The van der Waals surface area contributed by atoms with Crippen LogP contribution in [0.3, 0.4) is 0 Å². The summed E-state index contributed by atoms with van der Waals surface area (Å²) < 4.78 is 11.0. The van der Waals surface area contributed by atoms with Crippen LogP contribution >= 0.6 is 11.3 Å². The molecule has 5 rings (SSSR count). The zero-order valence-corrected chi connectivity index (χ0v) is 17.4. The van der Waals surface area contributed by atoms with E-state index in [1.807, 2.05) is 11.3 Å². The van der Waals surface area contributed by atoms with E-state index in [0.29, 0.717) is 0 Å². The molecule has 3 heterocycles. The summed E-state index contributed by atoms with van der Waals surface area (Å²) in [5.41, 5.74) is 4.11. The van der Waals surface area contributed by atoms with Gasteiger partial charge >= 0.3 is 0 Å². The molecule has 0 N–H and O–H groups in total. The Bertz CT molecular complexity index is 1050. The summed E-state index contributed by atoms with van der Waals surface area (Å²) in [6, 6.07) is 4.23. The molecule has 0 saturated carbocycles. The lowest BCUT2D eigenvalue weighted by Crippen LogP contribution is -2.31. The highest BCUT2D eigenvalue weighted by molar-refractivity contribution is 7.19. The molecule has 1 aliphatic carbocycles. The molecule has 2 aromatic heterocycles. The average molecular weight is 396 g/mol. The third-order valence-corrected chi connectivity index (χ3v) is 7.25. The SMILES string of the molecule is COc1cc2c(cc1OC)CN(c1ncnc3sc4c(c13)CCC(C)C4)CC2. The molecule has 0 saturated heterocycles. The van der Waals surface area contributed by atoms with Crippen LogP contribution in [-0.2, 0) is 25.8 Å². The van der Waals surface area contributed by atoms with Crippen LogP contribution in [0.5, 0.6) is 11.5 Å². The number of aryl methyl sites for hydroxylation is 1. The molecule has 0 amide bonds. The number of nitrogens with zero attached hydrogens (tertiary/aromatic N) is 3. The van der Waals surface area contributed by atoms with Gasteiger partial charge < -0.3 is 14.4 Å². The van der Waals surface area contributed by atoms with Gasteiger partial charge in [0.25, 0.3) is 0 Å². The predicted molar refractivity (Wildman–Crippen MR) is 113 cm³/mol. The van der Waals surface area contributed by atoms with Gasteiger partial charge in [-0.2, -0.15) is 0 Å². The maximum Gasteiger partial charge on any atom is 0.161 e. The fraction of sp³-hybridized carbons (Fsp3) is 0.455. The molecule has 1 atom stereocenters. The summed E-state index contributed by atoms with van der Waals surface area (Å²) in [5.74, 6) is 3.46. The first-order chi connectivity index (χ1) is 13.7. The summed E-state index contributed by atoms with van der Waals surface area (Å²) in [4.78, 5) is 14.4. The van der Waals surface area contributed by atoms with Crippen molar-refractivity contribution in [3.05, 3.63) is 40.0 Å². The number of benzene rings is 1. The Kier molecular flexibility index (Phi) is 4.38. The lowest BCUT2D eigenvalue weighted by atomic mass is 9.89. The highest BCUT2D eigenvalue weighted by Crippen LogP contribution is 2.42. The average Bonchev–Trinajstić information content (AvgIpc) is 3.09. The molecule has 0 spiro atoms. The number of thiophene rings is 1. The Morgan fingerprint density at radius 3 is 2.64 bits per heavy atom. The standard InChI is InChI=1S/C22H25N3O2S/c1-13-4-5-16-19(8-13)28-22-20(16)21(23-12-24-22)25-7-6-14-9-17(26-2)18(27-3)10-15(14)11-25/h9-10,12-13H,4-8,11H2,1-3H3. The van der Waals surface area contributed by atoms with E-state index in [9.17, 15) is 0 Å². The second-order valence-electron chi connectivity index (χ2n) is 7.88. The quantitative estimate of drug-likeness (QED) is 0.658. The van der Waals surface area contributed by atoms with Crippen LogP contribution in [0.4, 0.5) is 5.82 Å². The van der Waals surface area contributed by atoms with E-state index in [4.69, 9.17) is 14.5 Å². The van der Waals surface area contributed by atoms with E-state index >= 15 is 0 Å². The minimum atomic E-state index is 0.765. The lowest BCUT2D eigenvalue weighted by Gasteiger charge is -2.31. The molecule has 5 nitrogen and oxygen atoms in total. The second kappa shape index (κ2) is 6.92. The van der Waals surface area contributed by atoms with Crippen LogP contribution in [0.15, 0.2) is 18.5 Å². The predicted octanol–water partition coefficient (Wildman–Crippen LogP) is 4.40. The highest BCUT2D eigenvalue weighted by atomic mass is 32.1. The maximum absolute atomic E-state index is 5.52. The molecular formula is C22H25N3O2S. The molecule has 0 fully saturated rings. The third-order valence-electron chi connectivity index (χ3n) is 6.09. The first kappa shape index (κ1) is 17.7. The van der Waals surface area contributed by atoms with Crippen molar-refractivity contribution in [3.8, 4) is 11.5 Å². The van der Waals surface area contributed by atoms with E-state index in [1.54, 1.807) is 20.5 Å². The number of hydrogen-bond acceptors (Lipinski definition) is 6. The molecule has 0 bridgehead atoms. The Hall–Kier alpha value is -2.34. The molecule has 6 heteroatoms. The molecular weight excluding hydrogens is 370 g/mol. The van der Waals surface area contributed by atoms with Gasteiger partial charge in [-0.05, 0) is 60.4 Å². The van der Waals surface area contributed by atoms with Crippen molar-refractivity contribution >= 4 is 27.4 Å². The monoisotopic (exact) mass is 395 g/mol. The molecule has 1 aromatic carbocycles. The van der Waals surface area contributed by atoms with Gasteiger partial charge in [0.15, 0.2) is 11.5 Å². The Balaban J connectivity index is 1.55. The number of methoxy groups -OCH3 is 2. The number of anilines is 1. The Morgan fingerprint density at radius 2 is 1.86 bits per heavy atom. The summed E-state index contributed by atoms with van der Waals surface area (Å²) in [7, 11) is 3.38. The smallest absolute Gasteiger partial charge is 0.161 e. The molecule has 3 aromatic rings. The van der Waals surface area contributed by atoms with Crippen LogP contribution < -0.4 is 14.4 Å². The molecule has 28 heavy (non-hydrogen) atoms. The first-order valence-corrected chi connectivity index (χ1v) is 10.7. The van der Waals surface area contributed by atoms with E-state index in [-0.39, 0.29) is 0 Å². The van der Waals surface area contributed by atoms with Crippen LogP contribution in [-0.4, -0.2) is 30.7 Å². The van der Waals surface area contributed by atoms with Gasteiger partial charge in [-0.25, -0.2) is 9.97 Å². The normalized spacial score (nSPS) is 18.7. The largest absolute Gasteiger partial charge is 0.493 e. The van der Waals surface area contributed by atoms with E-state index in [2.05, 4.69) is 28.9 Å². The fourth-order valence-electron chi connectivity index (χ4n) is 4.56. The Morgan fingerprint density at radius 1 is 1.07 bits per heavy atom. The maximum atomic E-state index is 5.52. The van der Waals surface area contributed by atoms with Gasteiger partial charge in [0.1, 0.15) is 17.0 Å². The lowest BCUT2D eigenvalue weighted by molar-refractivity contribution is 0.353. The van der Waals surface area contributed by atoms with Crippen molar-refractivity contribution in [1.82, 2.24) is 9.97 Å². The molecule has 146 valence electrons. The van der Waals surface area contributed by atoms with Crippen LogP contribution in [0.1, 0.15) is 34.9 Å². The summed E-state index contributed by atoms with van der Waals surface area (Å²) in [5, 5.41) is 1.29. The highest BCUT2D eigenvalue weighted by Gasteiger charge is 2.27. The van der Waals surface area contributed by atoms with Gasteiger partial charge in [-0.15, -0.1) is 11.3 Å². The Labute approximate surface area is 169 Å². The number of aromatic nitrogens is 2. The number of ether oxygens (including phenoxy) is 2. The van der Waals surface area contributed by atoms with E-state index in [1.165, 1.54) is 39.8 Å². The van der Waals surface area contributed by atoms with Gasteiger partial charge in [0, 0.05) is 18.0 Å². The van der Waals surface area contributed by atoms with Crippen molar-refractivity contribution in [2.24, 2.45) is 5.92 Å². The van der Waals surface area contributed by atoms with Crippen molar-refractivity contribution in [1.29, 1.82) is 0 Å². The molecule has 2 aliphatic rings. The van der Waals surface area contributed by atoms with Crippen molar-refractivity contribution in [2.75, 3.05) is 25.7 Å². The van der Waals surface area contributed by atoms with E-state index < -0.39 is 0 Å². The van der Waals surface area contributed by atoms with Crippen LogP contribution in [0, 0.1) is 5.92 Å². The molecule has 0 radical (unpaired) electrons. The molecule has 1 aliphatic heterocycles. The van der Waals surface area contributed by atoms with Crippen LogP contribution in [0.2, 0.25) is 0 Å². The minimum Gasteiger partial charge on any atom is -0.493 e. The first-order valence-electron chi connectivity index (χ1n) is 9.92. The van der Waals surface area contributed by atoms with Gasteiger partial charge in [-0.3, -0.25) is 0 Å². The third kappa shape index (κ3) is 2.82. The topological polar surface area (TPSA) is 47.5 Å². The minimum absolute atomic E-state index is 0.765. The zero-order chi connectivity index (χ0) is 19.3.